The molecule has 2 N–H and O–H groups in total. The molecule has 2 atom stereocenters. The summed E-state index contributed by atoms with van der Waals surface area (Å²) in [6.07, 6.45) is 2.24. The number of amides is 2. The first kappa shape index (κ1) is 24.0. The molecule has 2 amide bonds. The quantitative estimate of drug-likeness (QED) is 0.647. The number of hydrogen-bond donors (Lipinski definition) is 2. The Morgan fingerprint density at radius 3 is 2.68 bits per heavy atom. The van der Waals surface area contributed by atoms with Gasteiger partial charge in [-0.1, -0.05) is 18.2 Å². The van der Waals surface area contributed by atoms with Crippen LogP contribution in [0.4, 0.5) is 11.4 Å². The van der Waals surface area contributed by atoms with E-state index in [2.05, 4.69) is 10.6 Å². The zero-order chi connectivity index (χ0) is 24.3. The molecule has 0 bridgehead atoms. The summed E-state index contributed by atoms with van der Waals surface area (Å²) in [7, 11) is -3.56. The van der Waals surface area contributed by atoms with Crippen LogP contribution in [-0.2, 0) is 19.6 Å². The molecule has 2 aliphatic rings. The minimum absolute atomic E-state index is 0.00610. The standard InChI is InChI=1S/C24H29N3O6S/c1-16-9-10-21-20(14-16)27(34(2,30)31)12-11-22(33-21)24(29)26-19-8-4-3-7-18(19)23(28)25-15-17-6-5-13-32-17/h3-4,7-10,14,17,22H,5-6,11-13,15H2,1-2H3,(H,25,28)(H,26,29)/t17-,22-/m1/s1. The molecule has 182 valence electrons. The number of hydrogen-bond acceptors (Lipinski definition) is 6. The number of para-hydroxylation sites is 1. The van der Waals surface area contributed by atoms with E-state index in [1.807, 2.05) is 6.92 Å². The minimum atomic E-state index is -3.56. The number of ether oxygens (including phenoxy) is 2. The molecule has 2 heterocycles. The maximum absolute atomic E-state index is 13.1. The average molecular weight is 488 g/mol. The van der Waals surface area contributed by atoms with Gasteiger partial charge in [-0.05, 0) is 49.6 Å². The summed E-state index contributed by atoms with van der Waals surface area (Å²) in [5.41, 5.74) is 1.97. The predicted molar refractivity (Wildman–Crippen MR) is 129 cm³/mol. The number of carbonyl (C=O) groups excluding carboxylic acids is 2. The van der Waals surface area contributed by atoms with Crippen molar-refractivity contribution in [1.29, 1.82) is 0 Å². The van der Waals surface area contributed by atoms with E-state index in [0.29, 0.717) is 35.8 Å². The van der Waals surface area contributed by atoms with Crippen LogP contribution in [0.15, 0.2) is 42.5 Å². The van der Waals surface area contributed by atoms with Crippen molar-refractivity contribution in [1.82, 2.24) is 5.32 Å². The van der Waals surface area contributed by atoms with Crippen molar-refractivity contribution in [2.24, 2.45) is 0 Å². The lowest BCUT2D eigenvalue weighted by Crippen LogP contribution is -2.37. The van der Waals surface area contributed by atoms with Crippen molar-refractivity contribution in [3.8, 4) is 5.75 Å². The van der Waals surface area contributed by atoms with E-state index >= 15 is 0 Å². The molecule has 2 aliphatic heterocycles. The van der Waals surface area contributed by atoms with E-state index in [4.69, 9.17) is 9.47 Å². The fraction of sp³-hybridized carbons (Fsp3) is 0.417. The SMILES string of the molecule is Cc1ccc2c(c1)N(S(C)(=O)=O)CC[C@H](C(=O)Nc1ccccc1C(=O)NC[C@H]1CCCO1)O2. The lowest BCUT2D eigenvalue weighted by atomic mass is 10.1. The van der Waals surface area contributed by atoms with E-state index < -0.39 is 22.0 Å². The number of rotatable bonds is 6. The highest BCUT2D eigenvalue weighted by Gasteiger charge is 2.32. The lowest BCUT2D eigenvalue weighted by molar-refractivity contribution is -0.122. The third kappa shape index (κ3) is 5.51. The van der Waals surface area contributed by atoms with Gasteiger partial charge in [-0.15, -0.1) is 0 Å². The number of carbonyl (C=O) groups is 2. The molecule has 34 heavy (non-hydrogen) atoms. The molecule has 2 aromatic rings. The first-order chi connectivity index (χ1) is 16.2. The Morgan fingerprint density at radius 2 is 1.94 bits per heavy atom. The highest BCUT2D eigenvalue weighted by atomic mass is 32.2. The van der Waals surface area contributed by atoms with Gasteiger partial charge in [0.05, 0.1) is 29.3 Å². The molecular weight excluding hydrogens is 458 g/mol. The van der Waals surface area contributed by atoms with Gasteiger partial charge in [0.2, 0.25) is 10.0 Å². The van der Waals surface area contributed by atoms with Gasteiger partial charge in [0.25, 0.3) is 11.8 Å². The van der Waals surface area contributed by atoms with Gasteiger partial charge >= 0.3 is 0 Å². The van der Waals surface area contributed by atoms with E-state index in [9.17, 15) is 18.0 Å². The zero-order valence-corrected chi connectivity index (χ0v) is 20.1. The predicted octanol–water partition coefficient (Wildman–Crippen LogP) is 2.46. The van der Waals surface area contributed by atoms with Crippen LogP contribution in [0.2, 0.25) is 0 Å². The number of nitrogens with zero attached hydrogens (tertiary/aromatic N) is 1. The monoisotopic (exact) mass is 487 g/mol. The van der Waals surface area contributed by atoms with Gasteiger partial charge in [0.15, 0.2) is 6.10 Å². The van der Waals surface area contributed by atoms with E-state index in [1.165, 1.54) is 4.31 Å². The second kappa shape index (κ2) is 10.0. The molecular formula is C24H29N3O6S. The molecule has 2 aromatic carbocycles. The Hall–Kier alpha value is -3.11. The van der Waals surface area contributed by atoms with Crippen molar-refractivity contribution in [3.63, 3.8) is 0 Å². The number of sulfonamides is 1. The van der Waals surface area contributed by atoms with Crippen LogP contribution in [-0.4, -0.2) is 58.4 Å². The van der Waals surface area contributed by atoms with Crippen LogP contribution < -0.4 is 19.7 Å². The lowest BCUT2D eigenvalue weighted by Gasteiger charge is -2.21. The third-order valence-corrected chi connectivity index (χ3v) is 7.06. The van der Waals surface area contributed by atoms with Gasteiger partial charge in [-0.2, -0.15) is 0 Å². The van der Waals surface area contributed by atoms with Crippen LogP contribution in [0.5, 0.6) is 5.75 Å². The first-order valence-electron chi connectivity index (χ1n) is 11.3. The average Bonchev–Trinajstić information content (AvgIpc) is 3.23. The van der Waals surface area contributed by atoms with Crippen LogP contribution in [0.3, 0.4) is 0 Å². The number of aryl methyl sites for hydroxylation is 1. The highest BCUT2D eigenvalue weighted by molar-refractivity contribution is 7.92. The molecule has 0 aliphatic carbocycles. The third-order valence-electron chi connectivity index (χ3n) is 5.88. The van der Waals surface area contributed by atoms with Crippen molar-refractivity contribution in [2.75, 3.05) is 35.6 Å². The van der Waals surface area contributed by atoms with Crippen molar-refractivity contribution < 1.29 is 27.5 Å². The first-order valence-corrected chi connectivity index (χ1v) is 13.1. The van der Waals surface area contributed by atoms with Gasteiger partial charge in [0, 0.05) is 26.1 Å². The van der Waals surface area contributed by atoms with Crippen molar-refractivity contribution >= 4 is 33.2 Å². The topological polar surface area (TPSA) is 114 Å². The van der Waals surface area contributed by atoms with Crippen molar-refractivity contribution in [2.45, 2.75) is 38.4 Å². The summed E-state index contributed by atoms with van der Waals surface area (Å²) in [4.78, 5) is 25.9. The van der Waals surface area contributed by atoms with Crippen LogP contribution in [0.1, 0.15) is 35.2 Å². The van der Waals surface area contributed by atoms with Crippen molar-refractivity contribution in [3.05, 3.63) is 53.6 Å². The Labute approximate surface area is 199 Å². The number of benzene rings is 2. The molecule has 0 unspecified atom stereocenters. The molecule has 10 heteroatoms. The van der Waals surface area contributed by atoms with Gasteiger partial charge in [0.1, 0.15) is 5.75 Å². The van der Waals surface area contributed by atoms with Gasteiger partial charge < -0.3 is 20.1 Å². The van der Waals surface area contributed by atoms with E-state index in [1.54, 1.807) is 42.5 Å². The summed E-state index contributed by atoms with van der Waals surface area (Å²) in [5.74, 6) is -0.449. The minimum Gasteiger partial charge on any atom is -0.478 e. The maximum Gasteiger partial charge on any atom is 0.265 e. The molecule has 0 aromatic heterocycles. The normalized spacial score (nSPS) is 20.1. The van der Waals surface area contributed by atoms with Crippen LogP contribution in [0.25, 0.3) is 0 Å². The molecule has 9 nitrogen and oxygen atoms in total. The zero-order valence-electron chi connectivity index (χ0n) is 19.2. The van der Waals surface area contributed by atoms with Gasteiger partial charge in [-0.3, -0.25) is 13.9 Å². The summed E-state index contributed by atoms with van der Waals surface area (Å²) in [6.45, 7) is 3.06. The molecule has 0 saturated carbocycles. The second-order valence-corrected chi connectivity index (χ2v) is 10.5. The Bertz CT molecular complexity index is 1180. The molecule has 1 saturated heterocycles. The number of nitrogens with one attached hydrogen (secondary N) is 2. The smallest absolute Gasteiger partial charge is 0.265 e. The molecule has 4 rings (SSSR count). The Kier molecular flexibility index (Phi) is 7.08. The fourth-order valence-corrected chi connectivity index (χ4v) is 5.07. The van der Waals surface area contributed by atoms with Crippen LogP contribution in [0, 0.1) is 6.92 Å². The Balaban J connectivity index is 1.50. The molecule has 1 fully saturated rings. The molecule has 0 spiro atoms. The Morgan fingerprint density at radius 1 is 1.15 bits per heavy atom. The summed E-state index contributed by atoms with van der Waals surface area (Å²) in [5, 5.41) is 5.65. The second-order valence-electron chi connectivity index (χ2n) is 8.58. The summed E-state index contributed by atoms with van der Waals surface area (Å²) < 4.78 is 37.5. The maximum atomic E-state index is 13.1. The number of fused-ring (bicyclic) bond motifs is 1. The highest BCUT2D eigenvalue weighted by Crippen LogP contribution is 2.35. The van der Waals surface area contributed by atoms with E-state index in [0.717, 1.165) is 24.7 Å². The summed E-state index contributed by atoms with van der Waals surface area (Å²) >= 11 is 0. The summed E-state index contributed by atoms with van der Waals surface area (Å²) in [6, 6.07) is 11.9. The largest absolute Gasteiger partial charge is 0.478 e. The van der Waals surface area contributed by atoms with Gasteiger partial charge in [-0.25, -0.2) is 8.42 Å². The number of anilines is 2. The van der Waals surface area contributed by atoms with E-state index in [-0.39, 0.29) is 25.0 Å². The van der Waals surface area contributed by atoms with Crippen LogP contribution >= 0.6 is 0 Å². The molecule has 0 radical (unpaired) electrons. The fourth-order valence-electron chi connectivity index (χ4n) is 4.13.